The third kappa shape index (κ3) is 3.11. The van der Waals surface area contributed by atoms with Crippen LogP contribution in [0.15, 0.2) is 41.9 Å². The van der Waals surface area contributed by atoms with Gasteiger partial charge in [-0.05, 0) is 18.6 Å². The molecule has 4 N–H and O–H groups in total. The van der Waals surface area contributed by atoms with Crippen LogP contribution in [0.2, 0.25) is 0 Å². The number of nitrogen functional groups attached to an aromatic ring is 1. The van der Waals surface area contributed by atoms with E-state index in [1.165, 1.54) is 5.56 Å². The van der Waals surface area contributed by atoms with Crippen molar-refractivity contribution in [1.29, 1.82) is 0 Å². The Hall–Kier alpha value is -2.65. The minimum atomic E-state index is 0.279. The van der Waals surface area contributed by atoms with Crippen LogP contribution in [-0.2, 0) is 6.54 Å². The van der Waals surface area contributed by atoms with Gasteiger partial charge in [0, 0.05) is 42.7 Å². The number of hydrazine groups is 1. The van der Waals surface area contributed by atoms with Crippen molar-refractivity contribution < 1.29 is 0 Å². The number of nitrogens with two attached hydrogens (primary N) is 2. The van der Waals surface area contributed by atoms with Gasteiger partial charge in [0.1, 0.15) is 0 Å². The summed E-state index contributed by atoms with van der Waals surface area (Å²) in [6.07, 6.45) is 7.16. The van der Waals surface area contributed by atoms with Crippen LogP contribution in [0.3, 0.4) is 0 Å². The van der Waals surface area contributed by atoms with E-state index in [1.54, 1.807) is 29.2 Å². The van der Waals surface area contributed by atoms with Crippen LogP contribution in [-0.4, -0.2) is 37.0 Å². The molecule has 26 heavy (non-hydrogen) atoms. The van der Waals surface area contributed by atoms with Crippen molar-refractivity contribution >= 4 is 23.4 Å². The van der Waals surface area contributed by atoms with Crippen molar-refractivity contribution in [3.8, 4) is 11.3 Å². The Morgan fingerprint density at radius 2 is 2.23 bits per heavy atom. The molecule has 0 aromatic carbocycles. The van der Waals surface area contributed by atoms with E-state index in [0.717, 1.165) is 22.9 Å². The molecule has 0 fully saturated rings. The summed E-state index contributed by atoms with van der Waals surface area (Å²) in [5, 5.41) is 6.94. The topological polar surface area (TPSA) is 112 Å². The van der Waals surface area contributed by atoms with Crippen LogP contribution in [0.25, 0.3) is 11.3 Å². The number of aromatic nitrogens is 5. The average molecular weight is 368 g/mol. The Morgan fingerprint density at radius 1 is 1.35 bits per heavy atom. The third-order valence-corrected chi connectivity index (χ3v) is 5.57. The van der Waals surface area contributed by atoms with Gasteiger partial charge in [0.2, 0.25) is 0 Å². The molecular weight excluding hydrogens is 348 g/mol. The lowest BCUT2D eigenvalue weighted by Crippen LogP contribution is -2.36. The molecule has 0 bridgehead atoms. The molecule has 1 unspecified atom stereocenters. The number of rotatable bonds is 5. The largest absolute Gasteiger partial charge is 0.381 e. The molecule has 0 aliphatic carbocycles. The first-order chi connectivity index (χ1) is 12.7. The number of anilines is 2. The zero-order valence-corrected chi connectivity index (χ0v) is 15.2. The van der Waals surface area contributed by atoms with Crippen LogP contribution in [0, 0.1) is 0 Å². The van der Waals surface area contributed by atoms with Crippen molar-refractivity contribution in [3.05, 3.63) is 42.5 Å². The number of aryl methyl sites for hydroxylation is 1. The van der Waals surface area contributed by atoms with E-state index >= 15 is 0 Å². The SMILES string of the molecule is CCn1cc(-c2cnc(N)c(N(N)CC3CSc4ncccc43)n2)cn1. The molecule has 9 heteroatoms. The van der Waals surface area contributed by atoms with E-state index in [0.29, 0.717) is 23.9 Å². The highest BCUT2D eigenvalue weighted by molar-refractivity contribution is 7.99. The predicted octanol–water partition coefficient (Wildman–Crippen LogP) is 1.91. The van der Waals surface area contributed by atoms with Crippen molar-refractivity contribution in [3.63, 3.8) is 0 Å². The van der Waals surface area contributed by atoms with Gasteiger partial charge >= 0.3 is 0 Å². The van der Waals surface area contributed by atoms with E-state index < -0.39 is 0 Å². The summed E-state index contributed by atoms with van der Waals surface area (Å²) in [6, 6.07) is 4.06. The fourth-order valence-electron chi connectivity index (χ4n) is 2.99. The van der Waals surface area contributed by atoms with Crippen LogP contribution in [0.1, 0.15) is 18.4 Å². The number of pyridine rings is 1. The zero-order chi connectivity index (χ0) is 18.1. The molecule has 1 aliphatic rings. The number of fused-ring (bicyclic) bond motifs is 1. The first-order valence-corrected chi connectivity index (χ1v) is 9.39. The van der Waals surface area contributed by atoms with Gasteiger partial charge in [-0.3, -0.25) is 9.69 Å². The highest BCUT2D eigenvalue weighted by atomic mass is 32.2. The van der Waals surface area contributed by atoms with Crippen molar-refractivity contribution in [2.75, 3.05) is 23.0 Å². The maximum Gasteiger partial charge on any atom is 0.186 e. The summed E-state index contributed by atoms with van der Waals surface area (Å²) in [4.78, 5) is 13.3. The van der Waals surface area contributed by atoms with Gasteiger partial charge in [-0.2, -0.15) is 5.10 Å². The van der Waals surface area contributed by atoms with Gasteiger partial charge in [-0.15, -0.1) is 11.8 Å². The monoisotopic (exact) mass is 368 g/mol. The highest BCUT2D eigenvalue weighted by Crippen LogP contribution is 2.38. The molecule has 4 rings (SSSR count). The smallest absolute Gasteiger partial charge is 0.186 e. The van der Waals surface area contributed by atoms with Gasteiger partial charge in [-0.1, -0.05) is 6.07 Å². The van der Waals surface area contributed by atoms with E-state index in [1.807, 2.05) is 30.1 Å². The molecule has 3 aromatic heterocycles. The fraction of sp³-hybridized carbons (Fsp3) is 0.294. The Bertz CT molecular complexity index is 925. The normalized spacial score (nSPS) is 15.8. The third-order valence-electron chi connectivity index (χ3n) is 4.39. The summed E-state index contributed by atoms with van der Waals surface area (Å²) >= 11 is 1.75. The van der Waals surface area contributed by atoms with Crippen molar-refractivity contribution in [2.45, 2.75) is 24.4 Å². The van der Waals surface area contributed by atoms with Crippen LogP contribution < -0.4 is 16.6 Å². The molecule has 1 atom stereocenters. The molecular formula is C17H20N8S. The standard InChI is InChI=1S/C17H20N8S/c1-2-24-8-11(6-22-24)14-7-21-15(18)16(23-14)25(19)9-12-10-26-17-13(12)4-3-5-20-17/h3-8,12H,2,9-10,19H2,1H3,(H2,18,21). The lowest BCUT2D eigenvalue weighted by molar-refractivity contribution is 0.660. The Balaban J connectivity index is 1.58. The molecule has 0 radical (unpaired) electrons. The second-order valence-corrected chi connectivity index (χ2v) is 7.12. The Morgan fingerprint density at radius 3 is 3.04 bits per heavy atom. The fourth-order valence-corrected chi connectivity index (χ4v) is 4.17. The van der Waals surface area contributed by atoms with Crippen LogP contribution in [0.5, 0.6) is 0 Å². The lowest BCUT2D eigenvalue weighted by atomic mass is 10.0. The number of hydrogen-bond donors (Lipinski definition) is 2. The van der Waals surface area contributed by atoms with Crippen molar-refractivity contribution in [1.82, 2.24) is 24.7 Å². The van der Waals surface area contributed by atoms with Gasteiger partial charge in [-0.25, -0.2) is 20.8 Å². The summed E-state index contributed by atoms with van der Waals surface area (Å²) in [5.41, 5.74) is 8.85. The first kappa shape index (κ1) is 16.8. The van der Waals surface area contributed by atoms with E-state index in [2.05, 4.69) is 26.1 Å². The van der Waals surface area contributed by atoms with Gasteiger partial charge < -0.3 is 5.73 Å². The first-order valence-electron chi connectivity index (χ1n) is 8.41. The van der Waals surface area contributed by atoms with Crippen LogP contribution >= 0.6 is 11.8 Å². The average Bonchev–Trinajstić information content (AvgIpc) is 3.29. The minimum Gasteiger partial charge on any atom is -0.381 e. The molecule has 1 aliphatic heterocycles. The highest BCUT2D eigenvalue weighted by Gasteiger charge is 2.26. The Kier molecular flexibility index (Phi) is 4.48. The van der Waals surface area contributed by atoms with Gasteiger partial charge in [0.05, 0.1) is 23.1 Å². The minimum absolute atomic E-state index is 0.279. The maximum atomic E-state index is 6.31. The summed E-state index contributed by atoms with van der Waals surface area (Å²) in [5.74, 6) is 8.33. The molecule has 0 saturated carbocycles. The quantitative estimate of drug-likeness (QED) is 0.519. The van der Waals surface area contributed by atoms with Crippen LogP contribution in [0.4, 0.5) is 11.6 Å². The van der Waals surface area contributed by atoms with Gasteiger partial charge in [0.15, 0.2) is 11.6 Å². The molecule has 0 saturated heterocycles. The van der Waals surface area contributed by atoms with E-state index in [9.17, 15) is 0 Å². The molecule has 134 valence electrons. The molecule has 0 spiro atoms. The second-order valence-electron chi connectivity index (χ2n) is 6.11. The predicted molar refractivity (Wildman–Crippen MR) is 103 cm³/mol. The lowest BCUT2D eigenvalue weighted by Gasteiger charge is -2.22. The molecule has 0 amide bonds. The maximum absolute atomic E-state index is 6.31. The molecule has 3 aromatic rings. The summed E-state index contributed by atoms with van der Waals surface area (Å²) in [6.45, 7) is 3.43. The van der Waals surface area contributed by atoms with E-state index in [4.69, 9.17) is 11.6 Å². The Labute approximate surface area is 155 Å². The van der Waals surface area contributed by atoms with Crippen molar-refractivity contribution in [2.24, 2.45) is 5.84 Å². The van der Waals surface area contributed by atoms with E-state index in [-0.39, 0.29) is 5.92 Å². The number of nitrogens with zero attached hydrogens (tertiary/aromatic N) is 6. The second kappa shape index (κ2) is 6.93. The number of hydrogen-bond acceptors (Lipinski definition) is 8. The number of thioether (sulfide) groups is 1. The summed E-state index contributed by atoms with van der Waals surface area (Å²) < 4.78 is 1.84. The molecule has 8 nitrogen and oxygen atoms in total. The molecule has 4 heterocycles. The zero-order valence-electron chi connectivity index (χ0n) is 14.4. The summed E-state index contributed by atoms with van der Waals surface area (Å²) in [7, 11) is 0. The van der Waals surface area contributed by atoms with Gasteiger partial charge in [0.25, 0.3) is 0 Å².